The predicted octanol–water partition coefficient (Wildman–Crippen LogP) is 7.79. The number of carbonyl (C=O) groups is 3. The van der Waals surface area contributed by atoms with Crippen molar-refractivity contribution in [2.75, 3.05) is 6.54 Å². The standard InChI is InChI=1S/C43H44N2O5/c1-42(2,3)49-40(47)31-35(41(48)44-29-28-32-24-26-34(27-25-32)33-16-8-4-9-17-33)30-39(46)45-50-43(36-18-10-5-11-19-36,37-20-12-6-13-21-37)38-22-14-7-15-23-38/h4-27,35H,28-31H2,1-3H3,(H,44,48)(H,45,46). The summed E-state index contributed by atoms with van der Waals surface area (Å²) in [6.07, 6.45) is 0.0395. The molecule has 0 radical (unpaired) electrons. The van der Waals surface area contributed by atoms with Gasteiger partial charge >= 0.3 is 5.97 Å². The molecule has 5 rings (SSSR count). The van der Waals surface area contributed by atoms with Crippen LogP contribution in [0.2, 0.25) is 0 Å². The highest BCUT2D eigenvalue weighted by atomic mass is 16.7. The van der Waals surface area contributed by atoms with Crippen LogP contribution in [0.5, 0.6) is 0 Å². The minimum atomic E-state index is -1.20. The first kappa shape index (κ1) is 35.8. The van der Waals surface area contributed by atoms with Crippen LogP contribution in [0, 0.1) is 5.92 Å². The smallest absolute Gasteiger partial charge is 0.307 e. The second-order valence-electron chi connectivity index (χ2n) is 13.2. The Morgan fingerprint density at radius 2 is 1.06 bits per heavy atom. The van der Waals surface area contributed by atoms with Crippen LogP contribution in [0.3, 0.4) is 0 Å². The average Bonchev–Trinajstić information content (AvgIpc) is 3.13. The number of esters is 1. The Labute approximate surface area is 294 Å². The molecule has 50 heavy (non-hydrogen) atoms. The van der Waals surface area contributed by atoms with Crippen LogP contribution in [0.4, 0.5) is 0 Å². The monoisotopic (exact) mass is 668 g/mol. The highest BCUT2D eigenvalue weighted by molar-refractivity contribution is 5.88. The molecule has 1 atom stereocenters. The van der Waals surface area contributed by atoms with E-state index in [1.54, 1.807) is 20.8 Å². The van der Waals surface area contributed by atoms with Gasteiger partial charge in [0.25, 0.3) is 0 Å². The fourth-order valence-corrected chi connectivity index (χ4v) is 5.91. The van der Waals surface area contributed by atoms with E-state index in [9.17, 15) is 14.4 Å². The summed E-state index contributed by atoms with van der Waals surface area (Å²) in [5.74, 6) is -2.49. The maximum Gasteiger partial charge on any atom is 0.307 e. The first-order valence-electron chi connectivity index (χ1n) is 16.9. The Kier molecular flexibility index (Phi) is 12.0. The molecule has 0 aliphatic carbocycles. The zero-order valence-corrected chi connectivity index (χ0v) is 28.8. The summed E-state index contributed by atoms with van der Waals surface area (Å²) in [4.78, 5) is 46.5. The van der Waals surface area contributed by atoms with Crippen LogP contribution in [0.25, 0.3) is 11.1 Å². The van der Waals surface area contributed by atoms with Crippen LogP contribution in [0.15, 0.2) is 146 Å². The maximum absolute atomic E-state index is 13.6. The first-order chi connectivity index (χ1) is 24.1. The predicted molar refractivity (Wildman–Crippen MR) is 196 cm³/mol. The molecule has 0 aliphatic rings. The van der Waals surface area contributed by atoms with Gasteiger partial charge in [0.15, 0.2) is 5.60 Å². The third-order valence-corrected chi connectivity index (χ3v) is 8.27. The minimum absolute atomic E-state index is 0.260. The van der Waals surface area contributed by atoms with E-state index in [0.717, 1.165) is 33.4 Å². The molecule has 7 heteroatoms. The lowest BCUT2D eigenvalue weighted by atomic mass is 9.80. The van der Waals surface area contributed by atoms with Gasteiger partial charge in [-0.1, -0.05) is 146 Å². The van der Waals surface area contributed by atoms with Crippen molar-refractivity contribution < 1.29 is 24.0 Å². The highest BCUT2D eigenvalue weighted by Gasteiger charge is 2.39. The lowest BCUT2D eigenvalue weighted by Crippen LogP contribution is -2.42. The van der Waals surface area contributed by atoms with E-state index in [-0.39, 0.29) is 12.8 Å². The summed E-state index contributed by atoms with van der Waals surface area (Å²) >= 11 is 0. The number of benzene rings is 5. The van der Waals surface area contributed by atoms with Crippen LogP contribution < -0.4 is 10.8 Å². The molecule has 0 fully saturated rings. The molecule has 1 unspecified atom stereocenters. The summed E-state index contributed by atoms with van der Waals surface area (Å²) < 4.78 is 5.53. The van der Waals surface area contributed by atoms with Crippen molar-refractivity contribution in [3.05, 3.63) is 168 Å². The lowest BCUT2D eigenvalue weighted by Gasteiger charge is -2.35. The molecular formula is C43H44N2O5. The summed E-state index contributed by atoms with van der Waals surface area (Å²) in [5, 5.41) is 2.93. The van der Waals surface area contributed by atoms with E-state index in [1.165, 1.54) is 0 Å². The summed E-state index contributed by atoms with van der Waals surface area (Å²) in [7, 11) is 0. The largest absolute Gasteiger partial charge is 0.460 e. The van der Waals surface area contributed by atoms with Crippen molar-refractivity contribution in [1.29, 1.82) is 0 Å². The van der Waals surface area contributed by atoms with Gasteiger partial charge in [-0.05, 0) is 60.6 Å². The second-order valence-corrected chi connectivity index (χ2v) is 13.2. The molecule has 0 bridgehead atoms. The van der Waals surface area contributed by atoms with Crippen molar-refractivity contribution >= 4 is 17.8 Å². The van der Waals surface area contributed by atoms with Crippen molar-refractivity contribution in [3.8, 4) is 11.1 Å². The number of amides is 2. The normalized spacial score (nSPS) is 12.1. The maximum atomic E-state index is 13.6. The lowest BCUT2D eigenvalue weighted by molar-refractivity contribution is -0.158. The number of hydroxylamine groups is 1. The SMILES string of the molecule is CC(C)(C)OC(=O)CC(CC(=O)NOC(c1ccccc1)(c1ccccc1)c1ccccc1)C(=O)NCCc1ccc(-c2ccccc2)cc1. The molecule has 0 aliphatic heterocycles. The molecular weight excluding hydrogens is 624 g/mol. The molecule has 5 aromatic rings. The molecule has 2 N–H and O–H groups in total. The Balaban J connectivity index is 1.30. The van der Waals surface area contributed by atoms with E-state index in [4.69, 9.17) is 9.57 Å². The van der Waals surface area contributed by atoms with Gasteiger partial charge in [0.2, 0.25) is 11.8 Å². The Hall–Kier alpha value is -5.53. The number of rotatable bonds is 14. The summed E-state index contributed by atoms with van der Waals surface area (Å²) in [6.45, 7) is 5.63. The molecule has 0 aromatic heterocycles. The number of ether oxygens (including phenoxy) is 1. The van der Waals surface area contributed by atoms with Gasteiger partial charge in [-0.3, -0.25) is 19.2 Å². The Morgan fingerprint density at radius 1 is 0.600 bits per heavy atom. The van der Waals surface area contributed by atoms with Gasteiger partial charge in [0, 0.05) is 13.0 Å². The van der Waals surface area contributed by atoms with E-state index >= 15 is 0 Å². The Morgan fingerprint density at radius 3 is 1.54 bits per heavy atom. The first-order valence-corrected chi connectivity index (χ1v) is 16.9. The third-order valence-electron chi connectivity index (χ3n) is 8.27. The van der Waals surface area contributed by atoms with Crippen LogP contribution in [-0.2, 0) is 36.0 Å². The van der Waals surface area contributed by atoms with Gasteiger partial charge in [0.05, 0.1) is 12.3 Å². The van der Waals surface area contributed by atoms with Gasteiger partial charge in [0.1, 0.15) is 5.60 Å². The quantitative estimate of drug-likeness (QED) is 0.0716. The van der Waals surface area contributed by atoms with Crippen LogP contribution >= 0.6 is 0 Å². The van der Waals surface area contributed by atoms with Crippen LogP contribution in [-0.4, -0.2) is 29.9 Å². The second kappa shape index (κ2) is 16.7. The summed E-state index contributed by atoms with van der Waals surface area (Å²) in [5.41, 5.74) is 6.43. The fourth-order valence-electron chi connectivity index (χ4n) is 5.91. The van der Waals surface area contributed by atoms with Gasteiger partial charge in [-0.15, -0.1) is 0 Å². The van der Waals surface area contributed by atoms with E-state index in [2.05, 4.69) is 35.1 Å². The zero-order chi connectivity index (χ0) is 35.4. The van der Waals surface area contributed by atoms with Crippen molar-refractivity contribution in [1.82, 2.24) is 10.8 Å². The molecule has 0 spiro atoms. The molecule has 2 amide bonds. The van der Waals surface area contributed by atoms with Crippen LogP contribution in [0.1, 0.15) is 55.9 Å². The molecule has 0 heterocycles. The average molecular weight is 669 g/mol. The Bertz CT molecular complexity index is 1720. The van der Waals surface area contributed by atoms with Crippen molar-refractivity contribution in [2.45, 2.75) is 51.2 Å². The van der Waals surface area contributed by atoms with E-state index in [1.807, 2.05) is 121 Å². The van der Waals surface area contributed by atoms with Gasteiger partial charge in [-0.25, -0.2) is 5.48 Å². The van der Waals surface area contributed by atoms with Gasteiger partial charge < -0.3 is 10.1 Å². The van der Waals surface area contributed by atoms with Crippen molar-refractivity contribution in [3.63, 3.8) is 0 Å². The molecule has 256 valence electrons. The number of nitrogens with one attached hydrogen (secondary N) is 2. The molecule has 7 nitrogen and oxygen atoms in total. The summed E-state index contributed by atoms with van der Waals surface area (Å²) in [6, 6.07) is 47.2. The van der Waals surface area contributed by atoms with E-state index < -0.39 is 34.9 Å². The number of hydrogen-bond acceptors (Lipinski definition) is 5. The van der Waals surface area contributed by atoms with E-state index in [0.29, 0.717) is 13.0 Å². The zero-order valence-electron chi connectivity index (χ0n) is 28.8. The topological polar surface area (TPSA) is 93.7 Å². The number of hydrogen-bond donors (Lipinski definition) is 2. The minimum Gasteiger partial charge on any atom is -0.460 e. The highest BCUT2D eigenvalue weighted by Crippen LogP contribution is 2.39. The molecule has 0 saturated carbocycles. The number of carbonyl (C=O) groups excluding carboxylic acids is 3. The third kappa shape index (κ3) is 9.55. The molecule has 0 saturated heterocycles. The fraction of sp³-hybridized carbons (Fsp3) is 0.233. The molecule has 5 aromatic carbocycles. The van der Waals surface area contributed by atoms with Gasteiger partial charge in [-0.2, -0.15) is 0 Å². The van der Waals surface area contributed by atoms with Crippen molar-refractivity contribution in [2.24, 2.45) is 5.92 Å².